The van der Waals surface area contributed by atoms with E-state index < -0.39 is 26.2 Å². The molecule has 0 amide bonds. The molecule has 0 saturated carbocycles. The van der Waals surface area contributed by atoms with Crippen molar-refractivity contribution in [1.29, 1.82) is 0 Å². The maximum absolute atomic E-state index is 6.48. The molecule has 11 heteroatoms. The molecule has 23 heavy (non-hydrogen) atoms. The van der Waals surface area contributed by atoms with E-state index in [1.807, 2.05) is 0 Å². The highest BCUT2D eigenvalue weighted by molar-refractivity contribution is 7.22. The summed E-state index contributed by atoms with van der Waals surface area (Å²) in [5.74, 6) is 0. The molecule has 1 fully saturated rings. The van der Waals surface area contributed by atoms with Gasteiger partial charge in [0, 0.05) is 13.2 Å². The van der Waals surface area contributed by atoms with Gasteiger partial charge in [0.05, 0.1) is 12.7 Å². The van der Waals surface area contributed by atoms with Gasteiger partial charge in [-0.05, 0) is 44.9 Å². The van der Waals surface area contributed by atoms with E-state index in [4.69, 9.17) is 21.8 Å². The van der Waals surface area contributed by atoms with Gasteiger partial charge in [0.2, 0.25) is 0 Å². The minimum absolute atomic E-state index is 0.218. The molecule has 1 aliphatic heterocycles. The zero-order valence-corrected chi connectivity index (χ0v) is 23.3. The Morgan fingerprint density at radius 1 is 1.30 bits per heavy atom. The van der Waals surface area contributed by atoms with Crippen LogP contribution in [-0.2, 0) is 21.8 Å². The number of ether oxygens (including phenoxy) is 2. The fourth-order valence-corrected chi connectivity index (χ4v) is 32.0. The van der Waals surface area contributed by atoms with Crippen LogP contribution in [0.15, 0.2) is 0 Å². The molecule has 0 radical (unpaired) electrons. The lowest BCUT2D eigenvalue weighted by molar-refractivity contribution is 0.0174. The molecule has 0 aromatic carbocycles. The molecule has 0 aromatic heterocycles. The Labute approximate surface area is 153 Å². The summed E-state index contributed by atoms with van der Waals surface area (Å²) in [6.45, 7) is 11.7. The highest BCUT2D eigenvalue weighted by Gasteiger charge is 2.30. The van der Waals surface area contributed by atoms with Gasteiger partial charge in [-0.1, -0.05) is 6.55 Å². The van der Waals surface area contributed by atoms with Crippen LogP contribution < -0.4 is 0 Å². The summed E-state index contributed by atoms with van der Waals surface area (Å²) in [7, 11) is -3.87. The second-order valence-electron chi connectivity index (χ2n) is 6.67. The van der Waals surface area contributed by atoms with Crippen molar-refractivity contribution in [2.24, 2.45) is 0 Å². The zero-order valence-electron chi connectivity index (χ0n) is 15.5. The lowest BCUT2D eigenvalue weighted by Gasteiger charge is -2.28. The minimum atomic E-state index is -1.57. The molecule has 2 unspecified atom stereocenters. The lowest BCUT2D eigenvalue weighted by Crippen LogP contribution is -2.47. The Kier molecular flexibility index (Phi) is 12.8. The van der Waals surface area contributed by atoms with Crippen LogP contribution in [0.4, 0.5) is 0 Å². The van der Waals surface area contributed by atoms with Crippen molar-refractivity contribution in [3.8, 4) is 0 Å². The molecule has 0 aromatic rings. The first-order valence-corrected chi connectivity index (χ1v) is 24.5. The van der Waals surface area contributed by atoms with Crippen LogP contribution in [-0.4, -0.2) is 80.4 Å². The van der Waals surface area contributed by atoms with Gasteiger partial charge < -0.3 is 21.8 Å². The van der Waals surface area contributed by atoms with Gasteiger partial charge >= 0.3 is 0 Å². The van der Waals surface area contributed by atoms with Gasteiger partial charge in [-0.2, -0.15) is 0 Å². The average molecular weight is 429 g/mol. The summed E-state index contributed by atoms with van der Waals surface area (Å²) in [5, 5.41) is 0. The average Bonchev–Trinajstić information content (AvgIpc) is 3.03. The summed E-state index contributed by atoms with van der Waals surface area (Å²) in [6, 6.07) is 1.21. The normalized spacial score (nSPS) is 23.1. The number of hydrogen-bond acceptors (Lipinski definition) is 5. The molecule has 1 heterocycles. The SMILES string of the molecule is C[SiH2]O[SiH2][SiH2]O[Si](C)(CCCOCC1CCCO1)[SiH2]O[SiH](C)C. The van der Waals surface area contributed by atoms with Crippen LogP contribution in [0.2, 0.25) is 32.2 Å². The number of hydrogen-bond donors (Lipinski definition) is 0. The van der Waals surface area contributed by atoms with E-state index in [-0.39, 0.29) is 28.3 Å². The second kappa shape index (κ2) is 13.3. The van der Waals surface area contributed by atoms with E-state index in [0.29, 0.717) is 6.10 Å². The van der Waals surface area contributed by atoms with Gasteiger partial charge in [-0.25, -0.2) is 0 Å². The molecule has 1 saturated heterocycles. The highest BCUT2D eigenvalue weighted by atomic mass is 29.2. The van der Waals surface area contributed by atoms with Gasteiger partial charge in [-0.3, -0.25) is 0 Å². The Bertz CT molecular complexity index is 295. The predicted molar refractivity (Wildman–Crippen MR) is 113 cm³/mol. The standard InChI is InChI=1S/C12H36O5Si6/c1-18-15-19-20-17-23(4,21-16-22(2)3)10-6-8-13-11-12-7-5-9-14-12/h12,22H,5-11,18-21H2,1-4H3. The monoisotopic (exact) mass is 428 g/mol. The van der Waals surface area contributed by atoms with Crippen molar-refractivity contribution >= 4 is 54.5 Å². The molecule has 0 spiro atoms. The van der Waals surface area contributed by atoms with E-state index in [9.17, 15) is 0 Å². The zero-order chi connectivity index (χ0) is 17.0. The molecule has 5 nitrogen and oxygen atoms in total. The molecule has 1 aliphatic rings. The molecule has 2 atom stereocenters. The molecule has 1 rings (SSSR count). The quantitative estimate of drug-likeness (QED) is 0.262. The molecule has 138 valence electrons. The summed E-state index contributed by atoms with van der Waals surface area (Å²) in [4.78, 5) is 0. The predicted octanol–water partition coefficient (Wildman–Crippen LogP) is -1.02. The Balaban J connectivity index is 2.20. The molecular formula is C12H36O5Si6. The Morgan fingerprint density at radius 2 is 2.13 bits per heavy atom. The van der Waals surface area contributed by atoms with Crippen molar-refractivity contribution < 1.29 is 21.8 Å². The van der Waals surface area contributed by atoms with Gasteiger partial charge in [0.1, 0.15) is 9.76 Å². The number of rotatable bonds is 14. The molecular weight excluding hydrogens is 393 g/mol. The molecule has 0 N–H and O–H groups in total. The Hall–Kier alpha value is 1.10. The Morgan fingerprint density at radius 3 is 2.78 bits per heavy atom. The maximum atomic E-state index is 6.48. The summed E-state index contributed by atoms with van der Waals surface area (Å²) in [5.41, 5.74) is 0. The summed E-state index contributed by atoms with van der Waals surface area (Å²) < 4.78 is 29.8. The van der Waals surface area contributed by atoms with Gasteiger partial charge in [0.25, 0.3) is 0 Å². The van der Waals surface area contributed by atoms with Gasteiger partial charge in [0.15, 0.2) is 44.7 Å². The largest absolute Gasteiger partial charge is 0.466 e. The molecule has 0 bridgehead atoms. The van der Waals surface area contributed by atoms with Gasteiger partial charge in [-0.15, -0.1) is 0 Å². The summed E-state index contributed by atoms with van der Waals surface area (Å²) in [6.07, 6.45) is 3.80. The minimum Gasteiger partial charge on any atom is -0.466 e. The van der Waals surface area contributed by atoms with E-state index in [1.165, 1.54) is 12.5 Å². The third kappa shape index (κ3) is 11.4. The van der Waals surface area contributed by atoms with Crippen molar-refractivity contribution in [2.75, 3.05) is 19.8 Å². The van der Waals surface area contributed by atoms with E-state index in [1.54, 1.807) is 0 Å². The van der Waals surface area contributed by atoms with E-state index >= 15 is 0 Å². The third-order valence-corrected chi connectivity index (χ3v) is 27.0. The fourth-order valence-electron chi connectivity index (χ4n) is 2.56. The highest BCUT2D eigenvalue weighted by Crippen LogP contribution is 2.15. The van der Waals surface area contributed by atoms with Crippen molar-refractivity contribution in [3.63, 3.8) is 0 Å². The molecule has 0 aliphatic carbocycles. The van der Waals surface area contributed by atoms with Crippen LogP contribution in [0, 0.1) is 0 Å². The first-order valence-electron chi connectivity index (χ1n) is 9.08. The summed E-state index contributed by atoms with van der Waals surface area (Å²) >= 11 is 0. The van der Waals surface area contributed by atoms with Crippen molar-refractivity contribution in [1.82, 2.24) is 0 Å². The topological polar surface area (TPSA) is 46.2 Å². The van der Waals surface area contributed by atoms with E-state index in [2.05, 4.69) is 26.2 Å². The van der Waals surface area contributed by atoms with Crippen LogP contribution in [0.1, 0.15) is 19.3 Å². The first kappa shape index (κ1) is 22.1. The smallest absolute Gasteiger partial charge is 0.186 e. The first-order chi connectivity index (χ1) is 11.1. The van der Waals surface area contributed by atoms with E-state index in [0.717, 1.165) is 32.7 Å². The maximum Gasteiger partial charge on any atom is 0.186 e. The fraction of sp³-hybridized carbons (Fsp3) is 1.00. The van der Waals surface area contributed by atoms with Crippen LogP contribution in [0.5, 0.6) is 0 Å². The second-order valence-corrected chi connectivity index (χ2v) is 25.8. The van der Waals surface area contributed by atoms with Crippen molar-refractivity contribution in [3.05, 3.63) is 0 Å². The third-order valence-electron chi connectivity index (χ3n) is 3.93. The van der Waals surface area contributed by atoms with Crippen LogP contribution >= 0.6 is 0 Å². The van der Waals surface area contributed by atoms with Crippen molar-refractivity contribution in [2.45, 2.75) is 57.6 Å². The lowest BCUT2D eigenvalue weighted by atomic mass is 10.2. The van der Waals surface area contributed by atoms with Crippen LogP contribution in [0.3, 0.4) is 0 Å². The van der Waals surface area contributed by atoms with Crippen LogP contribution in [0.25, 0.3) is 0 Å².